The average Bonchev–Trinajstić information content (AvgIpc) is 2.60. The predicted molar refractivity (Wildman–Crippen MR) is 83.1 cm³/mol. The minimum Gasteiger partial charge on any atom is -0.465 e. The van der Waals surface area contributed by atoms with Crippen molar-refractivity contribution in [3.63, 3.8) is 0 Å². The van der Waals surface area contributed by atoms with Crippen molar-refractivity contribution in [2.24, 2.45) is 0 Å². The molecular formula is C18H10F2N2O2. The van der Waals surface area contributed by atoms with Gasteiger partial charge in [0, 0.05) is 5.56 Å². The molecule has 0 bridgehead atoms. The zero-order valence-corrected chi connectivity index (χ0v) is 12.5. The Morgan fingerprint density at radius 1 is 1.12 bits per heavy atom. The third-order valence-corrected chi connectivity index (χ3v) is 3.67. The molecule has 0 aliphatic carbocycles. The Kier molecular flexibility index (Phi) is 3.92. The van der Waals surface area contributed by atoms with Crippen molar-refractivity contribution in [1.82, 2.24) is 4.98 Å². The van der Waals surface area contributed by atoms with Gasteiger partial charge in [-0.3, -0.25) is 4.98 Å². The second kappa shape index (κ2) is 6.05. The van der Waals surface area contributed by atoms with Crippen molar-refractivity contribution < 1.29 is 18.3 Å². The molecule has 1 aromatic heterocycles. The first-order valence-electron chi connectivity index (χ1n) is 6.91. The number of benzene rings is 2. The summed E-state index contributed by atoms with van der Waals surface area (Å²) in [6, 6.07) is 9.69. The first-order valence-corrected chi connectivity index (χ1v) is 6.91. The Morgan fingerprint density at radius 2 is 1.79 bits per heavy atom. The van der Waals surface area contributed by atoms with E-state index < -0.39 is 17.6 Å². The molecule has 0 atom stereocenters. The molecule has 6 heteroatoms. The lowest BCUT2D eigenvalue weighted by atomic mass is 9.92. The number of carbonyl (C=O) groups excluding carboxylic acids is 1. The number of aromatic nitrogens is 1. The molecule has 0 spiro atoms. The summed E-state index contributed by atoms with van der Waals surface area (Å²) in [5, 5.41) is 10.4. The number of methoxy groups -OCH3 is 1. The summed E-state index contributed by atoms with van der Waals surface area (Å²) >= 11 is 0. The van der Waals surface area contributed by atoms with Crippen LogP contribution in [-0.4, -0.2) is 18.1 Å². The Labute approximate surface area is 135 Å². The number of esters is 1. The van der Waals surface area contributed by atoms with Crippen LogP contribution in [-0.2, 0) is 4.74 Å². The number of nitrogens with zero attached hydrogens (tertiary/aromatic N) is 2. The van der Waals surface area contributed by atoms with Crippen molar-refractivity contribution >= 4 is 16.7 Å². The number of halogens is 2. The molecule has 0 saturated carbocycles. The lowest BCUT2D eigenvalue weighted by molar-refractivity contribution is 0.0601. The molecule has 0 aliphatic heterocycles. The molecule has 2 aromatic carbocycles. The van der Waals surface area contributed by atoms with E-state index in [4.69, 9.17) is 0 Å². The van der Waals surface area contributed by atoms with Gasteiger partial charge in [-0.15, -0.1) is 0 Å². The van der Waals surface area contributed by atoms with Crippen LogP contribution in [0.4, 0.5) is 8.78 Å². The Morgan fingerprint density at radius 3 is 2.42 bits per heavy atom. The van der Waals surface area contributed by atoms with E-state index in [1.807, 2.05) is 6.07 Å². The van der Waals surface area contributed by atoms with Gasteiger partial charge in [-0.1, -0.05) is 12.1 Å². The fourth-order valence-electron chi connectivity index (χ4n) is 2.58. The average molecular weight is 324 g/mol. The molecule has 1 heterocycles. The summed E-state index contributed by atoms with van der Waals surface area (Å²) in [7, 11) is 1.24. The van der Waals surface area contributed by atoms with Crippen molar-refractivity contribution in [2.45, 2.75) is 0 Å². The predicted octanol–water partition coefficient (Wildman–Crippen LogP) is 3.84. The number of hydrogen-bond acceptors (Lipinski definition) is 4. The maximum Gasteiger partial charge on any atom is 0.337 e. The maximum absolute atomic E-state index is 14.2. The van der Waals surface area contributed by atoms with Gasteiger partial charge in [0.15, 0.2) is 11.6 Å². The number of ether oxygens (including phenoxy) is 1. The fourth-order valence-corrected chi connectivity index (χ4v) is 2.58. The van der Waals surface area contributed by atoms with Crippen LogP contribution in [0.2, 0.25) is 0 Å². The highest BCUT2D eigenvalue weighted by atomic mass is 19.1. The van der Waals surface area contributed by atoms with E-state index in [0.717, 1.165) is 12.4 Å². The van der Waals surface area contributed by atoms with Gasteiger partial charge in [0.05, 0.1) is 42.3 Å². The van der Waals surface area contributed by atoms with E-state index in [-0.39, 0.29) is 22.3 Å². The monoisotopic (exact) mass is 324 g/mol. The number of nitriles is 1. The molecule has 0 fully saturated rings. The summed E-state index contributed by atoms with van der Waals surface area (Å²) in [4.78, 5) is 15.2. The number of rotatable bonds is 2. The third-order valence-electron chi connectivity index (χ3n) is 3.67. The molecule has 0 radical (unpaired) electrons. The van der Waals surface area contributed by atoms with Crippen LogP contribution in [0.1, 0.15) is 15.9 Å². The van der Waals surface area contributed by atoms with Crippen molar-refractivity contribution in [3.05, 3.63) is 65.5 Å². The quantitative estimate of drug-likeness (QED) is 0.672. The van der Waals surface area contributed by atoms with Crippen molar-refractivity contribution in [2.75, 3.05) is 7.11 Å². The minimum atomic E-state index is -0.887. The number of carbonyl (C=O) groups is 1. The Balaban J connectivity index is 2.44. The van der Waals surface area contributed by atoms with Crippen LogP contribution >= 0.6 is 0 Å². The number of hydrogen-bond donors (Lipinski definition) is 0. The van der Waals surface area contributed by atoms with Gasteiger partial charge in [-0.25, -0.2) is 13.6 Å². The molecule has 0 unspecified atom stereocenters. The van der Waals surface area contributed by atoms with Crippen molar-refractivity contribution in [3.8, 4) is 17.2 Å². The first kappa shape index (κ1) is 15.6. The van der Waals surface area contributed by atoms with Crippen LogP contribution < -0.4 is 0 Å². The molecular weight excluding hydrogens is 314 g/mol. The van der Waals surface area contributed by atoms with E-state index in [0.29, 0.717) is 10.8 Å². The van der Waals surface area contributed by atoms with Gasteiger partial charge in [0.25, 0.3) is 0 Å². The van der Waals surface area contributed by atoms with E-state index >= 15 is 0 Å². The lowest BCUT2D eigenvalue weighted by Gasteiger charge is -2.12. The molecule has 118 valence electrons. The first-order chi connectivity index (χ1) is 11.6. The zero-order chi connectivity index (χ0) is 17.3. The van der Waals surface area contributed by atoms with E-state index in [9.17, 15) is 18.8 Å². The maximum atomic E-state index is 14.2. The van der Waals surface area contributed by atoms with Gasteiger partial charge in [0.1, 0.15) is 0 Å². The second-order valence-corrected chi connectivity index (χ2v) is 5.01. The normalized spacial score (nSPS) is 10.4. The molecule has 24 heavy (non-hydrogen) atoms. The van der Waals surface area contributed by atoms with Crippen LogP contribution in [0.15, 0.2) is 42.7 Å². The highest BCUT2D eigenvalue weighted by Crippen LogP contribution is 2.35. The molecule has 4 nitrogen and oxygen atoms in total. The van der Waals surface area contributed by atoms with Crippen molar-refractivity contribution in [1.29, 1.82) is 5.26 Å². The number of fused-ring (bicyclic) bond motifs is 1. The molecule has 0 saturated heterocycles. The number of pyridine rings is 1. The Hall–Kier alpha value is -3.33. The summed E-state index contributed by atoms with van der Waals surface area (Å²) in [6.07, 6.45) is 1.76. The van der Waals surface area contributed by atoms with Crippen LogP contribution in [0.5, 0.6) is 0 Å². The fraction of sp³-hybridized carbons (Fsp3) is 0.0556. The molecule has 0 aliphatic rings. The third kappa shape index (κ3) is 2.46. The summed E-state index contributed by atoms with van der Waals surface area (Å²) in [5.74, 6) is -2.36. The lowest BCUT2D eigenvalue weighted by Crippen LogP contribution is -2.02. The highest BCUT2D eigenvalue weighted by Gasteiger charge is 2.19. The summed E-state index contributed by atoms with van der Waals surface area (Å²) in [6.45, 7) is 0. The minimum absolute atomic E-state index is 0.0816. The van der Waals surface area contributed by atoms with Gasteiger partial charge < -0.3 is 4.74 Å². The van der Waals surface area contributed by atoms with E-state index in [1.165, 1.54) is 19.2 Å². The smallest absolute Gasteiger partial charge is 0.337 e. The van der Waals surface area contributed by atoms with Gasteiger partial charge in [0.2, 0.25) is 0 Å². The molecule has 3 aromatic rings. The van der Waals surface area contributed by atoms with Crippen LogP contribution in [0.25, 0.3) is 21.9 Å². The summed E-state index contributed by atoms with van der Waals surface area (Å²) < 4.78 is 33.1. The zero-order valence-electron chi connectivity index (χ0n) is 12.5. The SMILES string of the molecule is COC(=O)c1ccc2ccc(C#N)c(-c3c(F)cncc3F)c2c1. The van der Waals surface area contributed by atoms with Crippen LogP contribution in [0, 0.1) is 23.0 Å². The molecule has 3 rings (SSSR count). The summed E-state index contributed by atoms with van der Waals surface area (Å²) in [5.41, 5.74) is 0.0389. The van der Waals surface area contributed by atoms with Gasteiger partial charge in [-0.05, 0) is 29.0 Å². The van der Waals surface area contributed by atoms with Gasteiger partial charge in [-0.2, -0.15) is 5.26 Å². The van der Waals surface area contributed by atoms with E-state index in [1.54, 1.807) is 18.2 Å². The second-order valence-electron chi connectivity index (χ2n) is 5.01. The van der Waals surface area contributed by atoms with Gasteiger partial charge >= 0.3 is 5.97 Å². The Bertz CT molecular complexity index is 990. The topological polar surface area (TPSA) is 63.0 Å². The standard InChI is InChI=1S/C18H10F2N2O2/c1-24-18(23)11-4-2-10-3-5-12(7-21)16(13(10)6-11)17-14(19)8-22-9-15(17)20/h2-6,8-9H,1H3. The molecule has 0 N–H and O–H groups in total. The molecule has 0 amide bonds. The van der Waals surface area contributed by atoms with E-state index in [2.05, 4.69) is 9.72 Å². The highest BCUT2D eigenvalue weighted by molar-refractivity contribution is 6.03. The largest absolute Gasteiger partial charge is 0.465 e. The van der Waals surface area contributed by atoms with Crippen LogP contribution in [0.3, 0.4) is 0 Å².